The van der Waals surface area contributed by atoms with Crippen molar-refractivity contribution in [1.82, 2.24) is 0 Å². The largest absolute Gasteiger partial charge is 0.478 e. The summed E-state index contributed by atoms with van der Waals surface area (Å²) in [6, 6.07) is 7.80. The topological polar surface area (TPSA) is 63.3 Å². The van der Waals surface area contributed by atoms with Crippen LogP contribution in [-0.4, -0.2) is 14.9 Å². The number of alkyl halides is 3. The zero-order chi connectivity index (χ0) is 12.1. The lowest BCUT2D eigenvalue weighted by Gasteiger charge is -1.99. The van der Waals surface area contributed by atoms with Gasteiger partial charge in [0.25, 0.3) is 3.79 Å². The van der Waals surface area contributed by atoms with Gasteiger partial charge in [0.15, 0.2) is 0 Å². The van der Waals surface area contributed by atoms with Crippen molar-refractivity contribution in [3.8, 4) is 0 Å². The number of hydrogen-bond donors (Lipinski definition) is 2. The number of carboxylic acid groups (broad SMARTS) is 1. The summed E-state index contributed by atoms with van der Waals surface area (Å²) in [7, 11) is 0. The van der Waals surface area contributed by atoms with Crippen LogP contribution >= 0.6 is 34.8 Å². The number of nitrogen functional groups attached to an aromatic ring is 1. The van der Waals surface area contributed by atoms with Crippen LogP contribution in [0.15, 0.2) is 24.3 Å². The molecule has 0 saturated heterocycles. The fourth-order valence-corrected chi connectivity index (χ4v) is 0.587. The molecule has 15 heavy (non-hydrogen) atoms. The van der Waals surface area contributed by atoms with Gasteiger partial charge in [0, 0.05) is 5.69 Å². The second-order valence-corrected chi connectivity index (χ2v) is 4.94. The van der Waals surface area contributed by atoms with E-state index in [0.717, 1.165) is 11.3 Å². The highest BCUT2D eigenvalue weighted by molar-refractivity contribution is 6.75. The summed E-state index contributed by atoms with van der Waals surface area (Å²) < 4.78 is -2.17. The van der Waals surface area contributed by atoms with E-state index in [1.807, 2.05) is 31.2 Å². The van der Waals surface area contributed by atoms with Crippen molar-refractivity contribution >= 4 is 46.5 Å². The number of rotatable bonds is 0. The van der Waals surface area contributed by atoms with E-state index in [0.29, 0.717) is 0 Å². The smallest absolute Gasteiger partial charge is 0.356 e. The number of aliphatic carboxylic acids is 1. The van der Waals surface area contributed by atoms with Crippen LogP contribution < -0.4 is 5.73 Å². The van der Waals surface area contributed by atoms with Crippen molar-refractivity contribution in [1.29, 1.82) is 0 Å². The minimum absolute atomic E-state index is 0.868. The van der Waals surface area contributed by atoms with Crippen LogP contribution in [0, 0.1) is 6.92 Å². The van der Waals surface area contributed by atoms with Gasteiger partial charge in [0.1, 0.15) is 0 Å². The molecule has 84 valence electrons. The van der Waals surface area contributed by atoms with Gasteiger partial charge in [-0.05, 0) is 18.6 Å². The molecule has 0 aliphatic heterocycles. The highest BCUT2D eigenvalue weighted by atomic mass is 35.6. The number of carboxylic acids is 1. The Hall–Kier alpha value is -0.640. The Bertz CT molecular complexity index is 315. The first kappa shape index (κ1) is 14.4. The van der Waals surface area contributed by atoms with Gasteiger partial charge in [-0.1, -0.05) is 53.0 Å². The fourth-order valence-electron chi connectivity index (χ4n) is 0.587. The fraction of sp³-hybridized carbons (Fsp3) is 0.222. The van der Waals surface area contributed by atoms with Gasteiger partial charge in [0.2, 0.25) is 0 Å². The molecule has 0 heterocycles. The minimum atomic E-state index is -2.17. The summed E-state index contributed by atoms with van der Waals surface area (Å²) in [6.45, 7) is 2.00. The molecule has 0 spiro atoms. The molecule has 0 fully saturated rings. The number of para-hydroxylation sites is 1. The zero-order valence-electron chi connectivity index (χ0n) is 7.88. The first-order valence-electron chi connectivity index (χ1n) is 3.86. The maximum Gasteiger partial charge on any atom is 0.356 e. The number of halogens is 3. The standard InChI is InChI=1S/C7H9N.C2HCl3O2/c1-6-4-2-3-5-7(6)8;3-2(4,5)1(6)7/h2-5H,8H2,1H3;(H,6,7). The van der Waals surface area contributed by atoms with Gasteiger partial charge >= 0.3 is 5.97 Å². The molecule has 1 aromatic carbocycles. The van der Waals surface area contributed by atoms with E-state index in [1.165, 1.54) is 0 Å². The zero-order valence-corrected chi connectivity index (χ0v) is 10.1. The third-order valence-electron chi connectivity index (χ3n) is 1.43. The van der Waals surface area contributed by atoms with E-state index in [-0.39, 0.29) is 0 Å². The Morgan fingerprint density at radius 3 is 1.93 bits per heavy atom. The molecule has 0 amide bonds. The molecule has 0 bridgehead atoms. The van der Waals surface area contributed by atoms with Crippen LogP contribution in [0.1, 0.15) is 5.56 Å². The average molecular weight is 271 g/mol. The molecule has 0 saturated carbocycles. The van der Waals surface area contributed by atoms with E-state index >= 15 is 0 Å². The van der Waals surface area contributed by atoms with E-state index in [9.17, 15) is 4.79 Å². The van der Waals surface area contributed by atoms with Crippen LogP contribution in [0.2, 0.25) is 0 Å². The molecule has 6 heteroatoms. The number of benzene rings is 1. The summed E-state index contributed by atoms with van der Waals surface area (Å²) in [6.07, 6.45) is 0. The second kappa shape index (κ2) is 6.05. The number of carbonyl (C=O) groups is 1. The van der Waals surface area contributed by atoms with Crippen molar-refractivity contribution in [2.75, 3.05) is 5.73 Å². The normalized spacial score (nSPS) is 10.1. The highest BCUT2D eigenvalue weighted by Crippen LogP contribution is 2.25. The minimum Gasteiger partial charge on any atom is -0.478 e. The third-order valence-corrected chi connectivity index (χ3v) is 1.92. The molecule has 1 rings (SSSR count). The molecule has 0 atom stereocenters. The van der Waals surface area contributed by atoms with Crippen LogP contribution in [0.5, 0.6) is 0 Å². The lowest BCUT2D eigenvalue weighted by atomic mass is 10.2. The number of aryl methyl sites for hydroxylation is 1. The molecule has 0 aliphatic rings. The first-order valence-corrected chi connectivity index (χ1v) is 4.99. The monoisotopic (exact) mass is 269 g/mol. The summed E-state index contributed by atoms with van der Waals surface area (Å²) in [4.78, 5) is 9.62. The van der Waals surface area contributed by atoms with Crippen LogP contribution in [-0.2, 0) is 4.79 Å². The summed E-state index contributed by atoms with van der Waals surface area (Å²) in [5.41, 5.74) is 7.53. The van der Waals surface area contributed by atoms with Crippen molar-refractivity contribution in [3.05, 3.63) is 29.8 Å². The Labute approximate surface area is 103 Å². The summed E-state index contributed by atoms with van der Waals surface area (Å²) in [5.74, 6) is -1.46. The van der Waals surface area contributed by atoms with E-state index < -0.39 is 9.76 Å². The average Bonchev–Trinajstić information content (AvgIpc) is 2.09. The Balaban J connectivity index is 0.000000265. The van der Waals surface area contributed by atoms with Crippen LogP contribution in [0.4, 0.5) is 5.69 Å². The van der Waals surface area contributed by atoms with Gasteiger partial charge < -0.3 is 10.8 Å². The molecule has 3 nitrogen and oxygen atoms in total. The first-order chi connectivity index (χ1) is 6.75. The van der Waals surface area contributed by atoms with E-state index in [1.54, 1.807) is 0 Å². The number of anilines is 1. The quantitative estimate of drug-likeness (QED) is 0.562. The van der Waals surface area contributed by atoms with Gasteiger partial charge in [-0.3, -0.25) is 0 Å². The SMILES string of the molecule is Cc1ccccc1N.O=C(O)C(Cl)(Cl)Cl. The van der Waals surface area contributed by atoms with Gasteiger partial charge in [-0.25, -0.2) is 4.79 Å². The highest BCUT2D eigenvalue weighted by Gasteiger charge is 2.29. The van der Waals surface area contributed by atoms with E-state index in [2.05, 4.69) is 0 Å². The Morgan fingerprint density at radius 2 is 1.73 bits per heavy atom. The summed E-state index contributed by atoms with van der Waals surface area (Å²) in [5, 5.41) is 7.85. The lowest BCUT2D eigenvalue weighted by molar-refractivity contribution is -0.135. The predicted octanol–water partition coefficient (Wildman–Crippen LogP) is 3.02. The number of nitrogens with two attached hydrogens (primary N) is 1. The lowest BCUT2D eigenvalue weighted by Crippen LogP contribution is -2.16. The Morgan fingerprint density at radius 1 is 1.33 bits per heavy atom. The second-order valence-electron chi connectivity index (χ2n) is 2.66. The summed E-state index contributed by atoms with van der Waals surface area (Å²) >= 11 is 14.4. The van der Waals surface area contributed by atoms with Crippen molar-refractivity contribution in [2.45, 2.75) is 10.7 Å². The van der Waals surface area contributed by atoms with Gasteiger partial charge in [0.05, 0.1) is 0 Å². The molecular weight excluding hydrogens is 260 g/mol. The van der Waals surface area contributed by atoms with E-state index in [4.69, 9.17) is 45.6 Å². The van der Waals surface area contributed by atoms with Crippen LogP contribution in [0.3, 0.4) is 0 Å². The molecule has 0 radical (unpaired) electrons. The molecule has 1 aromatic rings. The molecule has 0 aromatic heterocycles. The van der Waals surface area contributed by atoms with Gasteiger partial charge in [-0.15, -0.1) is 0 Å². The molecule has 3 N–H and O–H groups in total. The number of hydrogen-bond acceptors (Lipinski definition) is 2. The van der Waals surface area contributed by atoms with Crippen LogP contribution in [0.25, 0.3) is 0 Å². The third kappa shape index (κ3) is 6.44. The molecule has 0 unspecified atom stereocenters. The van der Waals surface area contributed by atoms with Crippen molar-refractivity contribution in [3.63, 3.8) is 0 Å². The van der Waals surface area contributed by atoms with Crippen molar-refractivity contribution in [2.24, 2.45) is 0 Å². The maximum absolute atomic E-state index is 9.62. The molecule has 0 aliphatic carbocycles. The molecular formula is C9H10Cl3NO2. The van der Waals surface area contributed by atoms with Crippen molar-refractivity contribution < 1.29 is 9.90 Å². The predicted molar refractivity (Wildman–Crippen MR) is 63.5 cm³/mol. The van der Waals surface area contributed by atoms with Gasteiger partial charge in [-0.2, -0.15) is 0 Å². The maximum atomic E-state index is 9.62. The Kier molecular flexibility index (Phi) is 5.80.